The molecule has 0 aliphatic carbocycles. The van der Waals surface area contributed by atoms with Gasteiger partial charge in [0, 0.05) is 12.3 Å². The van der Waals surface area contributed by atoms with Crippen LogP contribution in [0.4, 0.5) is 0 Å². The van der Waals surface area contributed by atoms with Crippen molar-refractivity contribution in [2.75, 3.05) is 12.0 Å². The van der Waals surface area contributed by atoms with Gasteiger partial charge in [-0.25, -0.2) is 8.42 Å². The number of nitrogens with two attached hydrogens (primary N) is 1. The quantitative estimate of drug-likeness (QED) is 0.243. The Bertz CT molecular complexity index is 299. The number of rotatable bonds is 5. The van der Waals surface area contributed by atoms with Crippen LogP contribution in [0.15, 0.2) is 5.16 Å². The summed E-state index contributed by atoms with van der Waals surface area (Å²) in [4.78, 5) is 0. The maximum atomic E-state index is 10.9. The van der Waals surface area contributed by atoms with Gasteiger partial charge in [0.25, 0.3) is 0 Å². The Hall–Kier alpha value is -0.820. The van der Waals surface area contributed by atoms with Gasteiger partial charge in [0.2, 0.25) is 0 Å². The van der Waals surface area contributed by atoms with Gasteiger partial charge in [0.15, 0.2) is 5.84 Å². The molecule has 7 heteroatoms. The summed E-state index contributed by atoms with van der Waals surface area (Å²) in [5.41, 5.74) is 5.32. The third-order valence-corrected chi connectivity index (χ3v) is 2.75. The van der Waals surface area contributed by atoms with Crippen molar-refractivity contribution in [3.05, 3.63) is 0 Å². The van der Waals surface area contributed by atoms with Crippen LogP contribution in [-0.4, -0.2) is 43.6 Å². The van der Waals surface area contributed by atoms with Gasteiger partial charge in [0.05, 0.1) is 11.8 Å². The number of sulfone groups is 1. The maximum absolute atomic E-state index is 10.9. The Balaban J connectivity index is 4.14. The Morgan fingerprint density at radius 2 is 2.07 bits per heavy atom. The third-order valence-electron chi connectivity index (χ3n) is 1.65. The average molecular weight is 223 g/mol. The van der Waals surface area contributed by atoms with Gasteiger partial charge in [-0.3, -0.25) is 0 Å². The smallest absolute Gasteiger partial charge is 0.156 e. The van der Waals surface area contributed by atoms with Crippen LogP contribution in [0.1, 0.15) is 13.8 Å². The van der Waals surface area contributed by atoms with Crippen molar-refractivity contribution >= 4 is 15.7 Å². The minimum atomic E-state index is -3.01. The summed E-state index contributed by atoms with van der Waals surface area (Å²) in [6, 6.07) is -0.586. The van der Waals surface area contributed by atoms with E-state index < -0.39 is 9.84 Å². The fraction of sp³-hybridized carbons (Fsp3) is 0.857. The van der Waals surface area contributed by atoms with Crippen molar-refractivity contribution in [2.45, 2.75) is 25.9 Å². The molecule has 0 aromatic carbocycles. The van der Waals surface area contributed by atoms with Gasteiger partial charge in [0.1, 0.15) is 9.84 Å². The van der Waals surface area contributed by atoms with E-state index in [1.165, 1.54) is 6.26 Å². The minimum Gasteiger partial charge on any atom is -0.409 e. The lowest BCUT2D eigenvalue weighted by atomic mass is 10.2. The number of hydrogen-bond acceptors (Lipinski definition) is 5. The molecule has 0 fully saturated rings. The van der Waals surface area contributed by atoms with E-state index in [0.29, 0.717) is 0 Å². The summed E-state index contributed by atoms with van der Waals surface area (Å²) in [5, 5.41) is 14.1. The third kappa shape index (κ3) is 5.76. The van der Waals surface area contributed by atoms with Gasteiger partial charge < -0.3 is 16.3 Å². The molecule has 0 aromatic rings. The van der Waals surface area contributed by atoms with Crippen molar-refractivity contribution in [3.63, 3.8) is 0 Å². The summed E-state index contributed by atoms with van der Waals surface area (Å²) in [7, 11) is -3.01. The normalized spacial score (nSPS) is 17.8. The Morgan fingerprint density at radius 1 is 1.57 bits per heavy atom. The maximum Gasteiger partial charge on any atom is 0.156 e. The summed E-state index contributed by atoms with van der Waals surface area (Å²) >= 11 is 0. The van der Waals surface area contributed by atoms with Crippen LogP contribution in [0.3, 0.4) is 0 Å². The van der Waals surface area contributed by atoms with Gasteiger partial charge in [-0.2, -0.15) is 0 Å². The molecule has 0 aromatic heterocycles. The van der Waals surface area contributed by atoms with Crippen LogP contribution in [0.5, 0.6) is 0 Å². The fourth-order valence-electron chi connectivity index (χ4n) is 1.10. The van der Waals surface area contributed by atoms with Crippen molar-refractivity contribution in [2.24, 2.45) is 10.9 Å². The van der Waals surface area contributed by atoms with Gasteiger partial charge in [-0.15, -0.1) is 0 Å². The van der Waals surface area contributed by atoms with E-state index in [1.807, 2.05) is 0 Å². The largest absolute Gasteiger partial charge is 0.409 e. The van der Waals surface area contributed by atoms with E-state index in [9.17, 15) is 8.42 Å². The van der Waals surface area contributed by atoms with Crippen LogP contribution < -0.4 is 11.1 Å². The monoisotopic (exact) mass is 223 g/mol. The molecular weight excluding hydrogens is 206 g/mol. The lowest BCUT2D eigenvalue weighted by molar-refractivity contribution is 0.314. The van der Waals surface area contributed by atoms with Crippen LogP contribution in [-0.2, 0) is 9.84 Å². The van der Waals surface area contributed by atoms with E-state index in [0.717, 1.165) is 0 Å². The molecule has 0 saturated carbocycles. The summed E-state index contributed by atoms with van der Waals surface area (Å²) < 4.78 is 21.8. The van der Waals surface area contributed by atoms with Crippen LogP contribution in [0.25, 0.3) is 0 Å². The number of nitrogens with one attached hydrogen (secondary N) is 1. The number of nitrogens with zero attached hydrogens (tertiary/aromatic N) is 1. The molecule has 0 amide bonds. The van der Waals surface area contributed by atoms with Gasteiger partial charge >= 0.3 is 0 Å². The van der Waals surface area contributed by atoms with Crippen molar-refractivity contribution < 1.29 is 13.6 Å². The topological polar surface area (TPSA) is 105 Å². The van der Waals surface area contributed by atoms with Crippen molar-refractivity contribution in [3.8, 4) is 0 Å². The predicted molar refractivity (Wildman–Crippen MR) is 55.2 cm³/mol. The first-order chi connectivity index (χ1) is 6.26. The molecule has 4 N–H and O–H groups in total. The first-order valence-electron chi connectivity index (χ1n) is 4.17. The molecule has 0 aliphatic rings. The summed E-state index contributed by atoms with van der Waals surface area (Å²) in [5.74, 6) is 0.0566. The zero-order chi connectivity index (χ0) is 11.4. The molecule has 0 heterocycles. The molecular formula is C7H17N3O3S. The average Bonchev–Trinajstić information content (AvgIpc) is 1.99. The highest BCUT2D eigenvalue weighted by atomic mass is 32.2. The molecule has 2 unspecified atom stereocenters. The standard InChI is InChI=1S/C7H17N3O3S/c1-5(4-14(3,12)13)9-6(2)7(8)10-11/h5-6,9,11H,4H2,1-3H3,(H2,8,10). The minimum absolute atomic E-state index is 0.0239. The molecule has 2 atom stereocenters. The lowest BCUT2D eigenvalue weighted by Crippen LogP contribution is -2.45. The highest BCUT2D eigenvalue weighted by Crippen LogP contribution is 1.93. The Labute approximate surface area is 84.1 Å². The first kappa shape index (κ1) is 13.2. The second-order valence-electron chi connectivity index (χ2n) is 3.41. The fourth-order valence-corrected chi connectivity index (χ4v) is 2.11. The zero-order valence-electron chi connectivity index (χ0n) is 8.56. The molecule has 6 nitrogen and oxygen atoms in total. The van der Waals surface area contributed by atoms with Crippen LogP contribution >= 0.6 is 0 Å². The number of oxime groups is 1. The molecule has 0 spiro atoms. The zero-order valence-corrected chi connectivity index (χ0v) is 9.37. The van der Waals surface area contributed by atoms with E-state index >= 15 is 0 Å². The Morgan fingerprint density at radius 3 is 2.43 bits per heavy atom. The molecule has 0 saturated heterocycles. The summed E-state index contributed by atoms with van der Waals surface area (Å²) in [6.45, 7) is 3.41. The van der Waals surface area contributed by atoms with E-state index in [4.69, 9.17) is 10.9 Å². The molecule has 0 radical (unpaired) electrons. The summed E-state index contributed by atoms with van der Waals surface area (Å²) in [6.07, 6.45) is 1.17. The molecule has 84 valence electrons. The second-order valence-corrected chi connectivity index (χ2v) is 5.59. The predicted octanol–water partition coefficient (Wildman–Crippen LogP) is -0.856. The molecule has 14 heavy (non-hydrogen) atoms. The number of hydrogen-bond donors (Lipinski definition) is 3. The Kier molecular flexibility index (Phi) is 4.86. The highest BCUT2D eigenvalue weighted by Gasteiger charge is 2.14. The van der Waals surface area contributed by atoms with Gasteiger partial charge in [-0.1, -0.05) is 5.16 Å². The van der Waals surface area contributed by atoms with E-state index in [-0.39, 0.29) is 23.7 Å². The second kappa shape index (κ2) is 5.16. The molecule has 0 bridgehead atoms. The lowest BCUT2D eigenvalue weighted by Gasteiger charge is -2.17. The molecule has 0 rings (SSSR count). The molecule has 0 aliphatic heterocycles. The van der Waals surface area contributed by atoms with E-state index in [2.05, 4.69) is 10.5 Å². The van der Waals surface area contributed by atoms with E-state index in [1.54, 1.807) is 13.8 Å². The number of amidine groups is 1. The van der Waals surface area contributed by atoms with Crippen LogP contribution in [0.2, 0.25) is 0 Å². The van der Waals surface area contributed by atoms with Gasteiger partial charge in [-0.05, 0) is 13.8 Å². The van der Waals surface area contributed by atoms with Crippen molar-refractivity contribution in [1.82, 2.24) is 5.32 Å². The highest BCUT2D eigenvalue weighted by molar-refractivity contribution is 7.90. The van der Waals surface area contributed by atoms with Crippen molar-refractivity contribution in [1.29, 1.82) is 0 Å². The SMILES string of the molecule is CC(CS(C)(=O)=O)NC(C)C(N)=NO. The van der Waals surface area contributed by atoms with Crippen LogP contribution in [0, 0.1) is 0 Å². The first-order valence-corrected chi connectivity index (χ1v) is 6.23.